The van der Waals surface area contributed by atoms with E-state index in [2.05, 4.69) is 27.8 Å². The van der Waals surface area contributed by atoms with Gasteiger partial charge >= 0.3 is 0 Å². The number of aromatic nitrogens is 1. The predicted octanol–water partition coefficient (Wildman–Crippen LogP) is 3.51. The van der Waals surface area contributed by atoms with Gasteiger partial charge in [0.05, 0.1) is 0 Å². The molecule has 0 unspecified atom stereocenters. The molecule has 2 nitrogen and oxygen atoms in total. The van der Waals surface area contributed by atoms with Gasteiger partial charge in [0.15, 0.2) is 0 Å². The Morgan fingerprint density at radius 2 is 2.33 bits per heavy atom. The quantitative estimate of drug-likeness (QED) is 0.849. The molecule has 0 atom stereocenters. The summed E-state index contributed by atoms with van der Waals surface area (Å²) < 4.78 is 1.32. The number of hydrogen-bond donors (Lipinski definition) is 1. The summed E-state index contributed by atoms with van der Waals surface area (Å²) in [6.45, 7) is 1.06. The highest BCUT2D eigenvalue weighted by atomic mass is 32.1. The Morgan fingerprint density at radius 3 is 3.20 bits per heavy atom. The lowest BCUT2D eigenvalue weighted by molar-refractivity contribution is 0.759. The van der Waals surface area contributed by atoms with Crippen LogP contribution in [0.1, 0.15) is 19.3 Å². The van der Waals surface area contributed by atoms with Crippen LogP contribution in [0.15, 0.2) is 23.7 Å². The van der Waals surface area contributed by atoms with Gasteiger partial charge in [-0.2, -0.15) is 0 Å². The summed E-state index contributed by atoms with van der Waals surface area (Å²) in [6.07, 6.45) is 6.04. The van der Waals surface area contributed by atoms with Gasteiger partial charge in [-0.3, -0.25) is 0 Å². The third-order valence-corrected chi connectivity index (χ3v) is 3.80. The van der Waals surface area contributed by atoms with Crippen molar-refractivity contribution in [3.05, 3.63) is 23.7 Å². The second-order valence-corrected chi connectivity index (χ2v) is 5.10. The molecule has 3 heteroatoms. The number of hydrogen-bond acceptors (Lipinski definition) is 3. The molecule has 3 rings (SSSR count). The molecule has 0 bridgehead atoms. The first-order valence-corrected chi connectivity index (χ1v) is 6.37. The van der Waals surface area contributed by atoms with Crippen molar-refractivity contribution in [2.75, 3.05) is 11.9 Å². The third-order valence-electron chi connectivity index (χ3n) is 2.92. The van der Waals surface area contributed by atoms with Crippen LogP contribution in [0.25, 0.3) is 10.1 Å². The summed E-state index contributed by atoms with van der Waals surface area (Å²) >= 11 is 1.77. The van der Waals surface area contributed by atoms with Crippen LogP contribution >= 0.6 is 11.3 Å². The normalized spacial score (nSPS) is 15.7. The molecule has 15 heavy (non-hydrogen) atoms. The van der Waals surface area contributed by atoms with Gasteiger partial charge in [-0.15, -0.1) is 11.3 Å². The summed E-state index contributed by atoms with van der Waals surface area (Å²) in [5.41, 5.74) is 0. The van der Waals surface area contributed by atoms with Gasteiger partial charge < -0.3 is 5.32 Å². The van der Waals surface area contributed by atoms with Gasteiger partial charge in [-0.25, -0.2) is 4.98 Å². The van der Waals surface area contributed by atoms with E-state index in [1.165, 1.54) is 29.3 Å². The van der Waals surface area contributed by atoms with Crippen LogP contribution < -0.4 is 5.32 Å². The lowest BCUT2D eigenvalue weighted by Crippen LogP contribution is -2.03. The minimum absolute atomic E-state index is 0.985. The van der Waals surface area contributed by atoms with E-state index in [4.69, 9.17) is 0 Å². The predicted molar refractivity (Wildman–Crippen MR) is 65.5 cm³/mol. The standard InChI is InChI=1S/C12H14N2S/c1-2-9(1)3-6-13-12-10-5-8-15-11(10)4-7-14-12/h4-5,7-9H,1-3,6H2,(H,13,14). The third kappa shape index (κ3) is 1.97. The summed E-state index contributed by atoms with van der Waals surface area (Å²) in [5, 5.41) is 6.83. The maximum absolute atomic E-state index is 4.39. The lowest BCUT2D eigenvalue weighted by Gasteiger charge is -2.05. The van der Waals surface area contributed by atoms with E-state index in [-0.39, 0.29) is 0 Å². The monoisotopic (exact) mass is 218 g/mol. The first-order chi connectivity index (χ1) is 7.43. The Labute approximate surface area is 93.3 Å². The molecule has 1 aliphatic carbocycles. The molecule has 1 N–H and O–H groups in total. The number of nitrogens with zero attached hydrogens (tertiary/aromatic N) is 1. The van der Waals surface area contributed by atoms with E-state index < -0.39 is 0 Å². The Hall–Kier alpha value is -1.09. The molecule has 1 fully saturated rings. The van der Waals surface area contributed by atoms with Gasteiger partial charge in [0.1, 0.15) is 5.82 Å². The Bertz CT molecular complexity index is 459. The topological polar surface area (TPSA) is 24.9 Å². The molecule has 1 saturated carbocycles. The largest absolute Gasteiger partial charge is 0.370 e. The maximum atomic E-state index is 4.39. The van der Waals surface area contributed by atoms with Crippen molar-refractivity contribution < 1.29 is 0 Å². The lowest BCUT2D eigenvalue weighted by atomic mass is 10.3. The van der Waals surface area contributed by atoms with E-state index in [0.29, 0.717) is 0 Å². The van der Waals surface area contributed by atoms with E-state index >= 15 is 0 Å². The van der Waals surface area contributed by atoms with Crippen LogP contribution in [0.2, 0.25) is 0 Å². The van der Waals surface area contributed by atoms with Crippen molar-refractivity contribution in [2.24, 2.45) is 5.92 Å². The molecule has 1 aliphatic rings. The number of pyridine rings is 1. The molecule has 0 aromatic carbocycles. The van der Waals surface area contributed by atoms with Gasteiger partial charge in [0, 0.05) is 22.8 Å². The van der Waals surface area contributed by atoms with Gasteiger partial charge in [-0.1, -0.05) is 12.8 Å². The number of anilines is 1. The van der Waals surface area contributed by atoms with Crippen LogP contribution in [-0.2, 0) is 0 Å². The molecule has 2 aromatic heterocycles. The number of fused-ring (bicyclic) bond motifs is 1. The van der Waals surface area contributed by atoms with Crippen molar-refractivity contribution in [3.8, 4) is 0 Å². The number of nitrogens with one attached hydrogen (secondary N) is 1. The zero-order chi connectivity index (χ0) is 10.1. The highest BCUT2D eigenvalue weighted by Crippen LogP contribution is 2.32. The second-order valence-electron chi connectivity index (χ2n) is 4.15. The molecule has 78 valence electrons. The van der Waals surface area contributed by atoms with Crippen LogP contribution in [0.3, 0.4) is 0 Å². The summed E-state index contributed by atoms with van der Waals surface area (Å²) in [4.78, 5) is 4.39. The Kier molecular flexibility index (Phi) is 2.33. The molecular weight excluding hydrogens is 204 g/mol. The van der Waals surface area contributed by atoms with Crippen molar-refractivity contribution in [2.45, 2.75) is 19.3 Å². The maximum Gasteiger partial charge on any atom is 0.134 e. The van der Waals surface area contributed by atoms with Gasteiger partial charge in [0.2, 0.25) is 0 Å². The fourth-order valence-corrected chi connectivity index (χ4v) is 2.62. The molecule has 0 aliphatic heterocycles. The fourth-order valence-electron chi connectivity index (χ4n) is 1.84. The molecule has 0 saturated heterocycles. The molecular formula is C12H14N2S. The SMILES string of the molecule is c1cc2sccc2c(NCCC2CC2)n1. The summed E-state index contributed by atoms with van der Waals surface area (Å²) in [6, 6.07) is 4.22. The first kappa shape index (κ1) is 9.16. The second kappa shape index (κ2) is 3.81. The first-order valence-electron chi connectivity index (χ1n) is 5.49. The van der Waals surface area contributed by atoms with Crippen LogP contribution in [0.5, 0.6) is 0 Å². The number of thiophene rings is 1. The van der Waals surface area contributed by atoms with E-state index in [1.807, 2.05) is 6.20 Å². The van der Waals surface area contributed by atoms with Crippen molar-refractivity contribution in [1.29, 1.82) is 0 Å². The van der Waals surface area contributed by atoms with Gasteiger partial charge in [-0.05, 0) is 29.9 Å². The van der Waals surface area contributed by atoms with Crippen molar-refractivity contribution in [3.63, 3.8) is 0 Å². The highest BCUT2D eigenvalue weighted by molar-refractivity contribution is 7.17. The van der Waals surface area contributed by atoms with E-state index in [9.17, 15) is 0 Å². The van der Waals surface area contributed by atoms with E-state index in [1.54, 1.807) is 11.3 Å². The molecule has 2 aromatic rings. The highest BCUT2D eigenvalue weighted by Gasteiger charge is 2.20. The smallest absolute Gasteiger partial charge is 0.134 e. The fraction of sp³-hybridized carbons (Fsp3) is 0.417. The Balaban J connectivity index is 1.74. The van der Waals surface area contributed by atoms with Crippen LogP contribution in [-0.4, -0.2) is 11.5 Å². The average molecular weight is 218 g/mol. The average Bonchev–Trinajstić information content (AvgIpc) is 2.95. The summed E-state index contributed by atoms with van der Waals surface area (Å²) in [5.74, 6) is 2.04. The van der Waals surface area contributed by atoms with Crippen LogP contribution in [0.4, 0.5) is 5.82 Å². The summed E-state index contributed by atoms with van der Waals surface area (Å²) in [7, 11) is 0. The molecule has 0 spiro atoms. The van der Waals surface area contributed by atoms with Crippen molar-refractivity contribution in [1.82, 2.24) is 4.98 Å². The zero-order valence-corrected chi connectivity index (χ0v) is 9.39. The molecule has 0 amide bonds. The van der Waals surface area contributed by atoms with Crippen molar-refractivity contribution >= 4 is 27.2 Å². The Morgan fingerprint density at radius 1 is 1.40 bits per heavy atom. The molecule has 2 heterocycles. The minimum atomic E-state index is 0.985. The zero-order valence-electron chi connectivity index (χ0n) is 8.57. The van der Waals surface area contributed by atoms with Gasteiger partial charge in [0.25, 0.3) is 0 Å². The molecule has 0 radical (unpaired) electrons. The van der Waals surface area contributed by atoms with E-state index in [0.717, 1.165) is 18.3 Å². The van der Waals surface area contributed by atoms with Crippen LogP contribution in [0, 0.1) is 5.92 Å². The minimum Gasteiger partial charge on any atom is -0.370 e. The number of rotatable bonds is 4.